The third kappa shape index (κ3) is 3.22. The zero-order valence-corrected chi connectivity index (χ0v) is 13.3. The molecule has 20 heavy (non-hydrogen) atoms. The van der Waals surface area contributed by atoms with Crippen molar-refractivity contribution in [3.8, 4) is 0 Å². The average molecular weight is 296 g/mol. The number of rotatable bonds is 7. The van der Waals surface area contributed by atoms with Gasteiger partial charge < -0.3 is 5.32 Å². The highest BCUT2D eigenvalue weighted by Crippen LogP contribution is 2.31. The van der Waals surface area contributed by atoms with Gasteiger partial charge >= 0.3 is 0 Å². The average Bonchev–Trinajstić information content (AvgIpc) is 3.28. The number of sulfonamides is 1. The molecule has 5 heteroatoms. The van der Waals surface area contributed by atoms with Crippen molar-refractivity contribution in [1.82, 2.24) is 9.62 Å². The van der Waals surface area contributed by atoms with E-state index in [4.69, 9.17) is 0 Å². The molecule has 0 radical (unpaired) electrons. The summed E-state index contributed by atoms with van der Waals surface area (Å²) in [7, 11) is -1.67. The van der Waals surface area contributed by atoms with Crippen molar-refractivity contribution in [2.75, 3.05) is 13.6 Å². The zero-order chi connectivity index (χ0) is 14.8. The molecular formula is C15H24N2O2S. The highest BCUT2D eigenvalue weighted by atomic mass is 32.2. The Bertz CT molecular complexity index is 553. The van der Waals surface area contributed by atoms with Crippen LogP contribution in [-0.4, -0.2) is 32.4 Å². The van der Waals surface area contributed by atoms with Gasteiger partial charge in [-0.2, -0.15) is 4.31 Å². The minimum absolute atomic E-state index is 0.194. The third-order valence-corrected chi connectivity index (χ3v) is 5.76. The molecule has 1 aromatic carbocycles. The zero-order valence-electron chi connectivity index (χ0n) is 12.5. The predicted octanol–water partition coefficient (Wildman–Crippen LogP) is 2.53. The Labute approximate surface area is 122 Å². The summed E-state index contributed by atoms with van der Waals surface area (Å²) in [5, 5.41) is 3.38. The SMILES string of the molecule is CCNC(CC)c1cccc(S(=O)(=O)N(C)C2CC2)c1. The van der Waals surface area contributed by atoms with Gasteiger partial charge in [-0.05, 0) is 43.5 Å². The van der Waals surface area contributed by atoms with Crippen LogP contribution in [0.15, 0.2) is 29.2 Å². The van der Waals surface area contributed by atoms with Gasteiger partial charge in [-0.1, -0.05) is 26.0 Å². The van der Waals surface area contributed by atoms with E-state index in [0.29, 0.717) is 4.90 Å². The quantitative estimate of drug-likeness (QED) is 0.841. The van der Waals surface area contributed by atoms with Gasteiger partial charge in [0.2, 0.25) is 10.0 Å². The lowest BCUT2D eigenvalue weighted by Crippen LogP contribution is -2.29. The van der Waals surface area contributed by atoms with Crippen LogP contribution in [0.2, 0.25) is 0 Å². The number of nitrogens with zero attached hydrogens (tertiary/aromatic N) is 1. The van der Waals surface area contributed by atoms with Crippen LogP contribution in [0.25, 0.3) is 0 Å². The molecule has 0 spiro atoms. The second kappa shape index (κ2) is 6.24. The third-order valence-electron chi connectivity index (χ3n) is 3.86. The van der Waals surface area contributed by atoms with E-state index in [0.717, 1.165) is 31.4 Å². The van der Waals surface area contributed by atoms with Crippen molar-refractivity contribution < 1.29 is 8.42 Å². The van der Waals surface area contributed by atoms with Crippen molar-refractivity contribution >= 4 is 10.0 Å². The van der Waals surface area contributed by atoms with E-state index in [1.165, 1.54) is 4.31 Å². The molecule has 0 saturated heterocycles. The molecule has 1 unspecified atom stereocenters. The summed E-state index contributed by atoms with van der Waals surface area (Å²) in [5.41, 5.74) is 1.04. The summed E-state index contributed by atoms with van der Waals surface area (Å²) < 4.78 is 26.6. The maximum atomic E-state index is 12.5. The maximum absolute atomic E-state index is 12.5. The topological polar surface area (TPSA) is 49.4 Å². The Morgan fingerprint density at radius 1 is 1.35 bits per heavy atom. The Morgan fingerprint density at radius 3 is 2.60 bits per heavy atom. The Balaban J connectivity index is 2.29. The van der Waals surface area contributed by atoms with Crippen LogP contribution in [0.5, 0.6) is 0 Å². The van der Waals surface area contributed by atoms with Crippen LogP contribution in [-0.2, 0) is 10.0 Å². The van der Waals surface area contributed by atoms with E-state index in [9.17, 15) is 8.42 Å². The lowest BCUT2D eigenvalue weighted by atomic mass is 10.0. The Kier molecular flexibility index (Phi) is 4.83. The van der Waals surface area contributed by atoms with Crippen molar-refractivity contribution in [3.05, 3.63) is 29.8 Å². The minimum atomic E-state index is -3.35. The van der Waals surface area contributed by atoms with Crippen molar-refractivity contribution in [2.24, 2.45) is 0 Å². The highest BCUT2D eigenvalue weighted by Gasteiger charge is 2.35. The first-order valence-corrected chi connectivity index (χ1v) is 8.76. The summed E-state index contributed by atoms with van der Waals surface area (Å²) in [6.07, 6.45) is 2.89. The van der Waals surface area contributed by atoms with E-state index in [1.54, 1.807) is 13.1 Å². The molecule has 1 aliphatic carbocycles. The summed E-state index contributed by atoms with van der Waals surface area (Å²) >= 11 is 0. The minimum Gasteiger partial charge on any atom is -0.310 e. The van der Waals surface area contributed by atoms with Crippen molar-refractivity contribution in [2.45, 2.75) is 50.1 Å². The molecule has 1 aromatic rings. The van der Waals surface area contributed by atoms with Gasteiger partial charge in [-0.25, -0.2) is 8.42 Å². The molecule has 1 aliphatic rings. The van der Waals surface area contributed by atoms with E-state index in [1.807, 2.05) is 18.2 Å². The molecule has 0 aromatic heterocycles. The van der Waals surface area contributed by atoms with Crippen molar-refractivity contribution in [1.29, 1.82) is 0 Å². The molecular weight excluding hydrogens is 272 g/mol. The first-order chi connectivity index (χ1) is 9.50. The largest absolute Gasteiger partial charge is 0.310 e. The lowest BCUT2D eigenvalue weighted by Gasteiger charge is -2.20. The lowest BCUT2D eigenvalue weighted by molar-refractivity contribution is 0.464. The van der Waals surface area contributed by atoms with Crippen LogP contribution < -0.4 is 5.32 Å². The van der Waals surface area contributed by atoms with Crippen LogP contribution in [0.4, 0.5) is 0 Å². The van der Waals surface area contributed by atoms with Gasteiger partial charge in [0.15, 0.2) is 0 Å². The van der Waals surface area contributed by atoms with E-state index in [2.05, 4.69) is 19.2 Å². The number of benzene rings is 1. The number of hydrogen-bond acceptors (Lipinski definition) is 3. The molecule has 1 atom stereocenters. The fourth-order valence-corrected chi connectivity index (χ4v) is 3.91. The molecule has 0 heterocycles. The van der Waals surface area contributed by atoms with Crippen LogP contribution in [0.1, 0.15) is 44.7 Å². The van der Waals surface area contributed by atoms with Gasteiger partial charge in [0, 0.05) is 19.1 Å². The monoisotopic (exact) mass is 296 g/mol. The highest BCUT2D eigenvalue weighted by molar-refractivity contribution is 7.89. The summed E-state index contributed by atoms with van der Waals surface area (Å²) in [6, 6.07) is 7.73. The van der Waals surface area contributed by atoms with Crippen LogP contribution in [0, 0.1) is 0 Å². The molecule has 0 aliphatic heterocycles. The standard InChI is InChI=1S/C15H24N2O2S/c1-4-15(16-5-2)12-7-6-8-14(11-12)20(18,19)17(3)13-9-10-13/h6-8,11,13,15-16H,4-5,9-10H2,1-3H3. The molecule has 112 valence electrons. The van der Waals surface area contributed by atoms with Gasteiger partial charge in [-0.3, -0.25) is 0 Å². The second-order valence-electron chi connectivity index (χ2n) is 5.34. The normalized spacial score (nSPS) is 17.4. The van der Waals surface area contributed by atoms with E-state index in [-0.39, 0.29) is 12.1 Å². The van der Waals surface area contributed by atoms with E-state index < -0.39 is 10.0 Å². The molecule has 1 saturated carbocycles. The molecule has 1 fully saturated rings. The van der Waals surface area contributed by atoms with Gasteiger partial charge in [-0.15, -0.1) is 0 Å². The first-order valence-electron chi connectivity index (χ1n) is 7.32. The van der Waals surface area contributed by atoms with Crippen LogP contribution >= 0.6 is 0 Å². The predicted molar refractivity (Wildman–Crippen MR) is 81.1 cm³/mol. The molecule has 1 N–H and O–H groups in total. The van der Waals surface area contributed by atoms with Gasteiger partial charge in [0.05, 0.1) is 4.90 Å². The Hall–Kier alpha value is -0.910. The van der Waals surface area contributed by atoms with Crippen molar-refractivity contribution in [3.63, 3.8) is 0 Å². The molecule has 4 nitrogen and oxygen atoms in total. The molecule has 0 bridgehead atoms. The number of hydrogen-bond donors (Lipinski definition) is 1. The summed E-state index contributed by atoms with van der Waals surface area (Å²) in [5.74, 6) is 0. The fraction of sp³-hybridized carbons (Fsp3) is 0.600. The smallest absolute Gasteiger partial charge is 0.243 e. The van der Waals surface area contributed by atoms with Gasteiger partial charge in [0.1, 0.15) is 0 Å². The van der Waals surface area contributed by atoms with Crippen LogP contribution in [0.3, 0.4) is 0 Å². The van der Waals surface area contributed by atoms with E-state index >= 15 is 0 Å². The fourth-order valence-electron chi connectivity index (χ4n) is 2.44. The first kappa shape index (κ1) is 15.5. The summed E-state index contributed by atoms with van der Waals surface area (Å²) in [6.45, 7) is 5.03. The maximum Gasteiger partial charge on any atom is 0.243 e. The Morgan fingerprint density at radius 2 is 2.05 bits per heavy atom. The molecule has 0 amide bonds. The summed E-state index contributed by atoms with van der Waals surface area (Å²) in [4.78, 5) is 0.403. The second-order valence-corrected chi connectivity index (χ2v) is 7.34. The molecule has 2 rings (SSSR count). The number of nitrogens with one attached hydrogen (secondary N) is 1. The van der Waals surface area contributed by atoms with Gasteiger partial charge in [0.25, 0.3) is 0 Å².